The fourth-order valence-electron chi connectivity index (χ4n) is 2.97. The van der Waals surface area contributed by atoms with E-state index >= 15 is 0 Å². The smallest absolute Gasteiger partial charge is 0.416 e. The molecule has 1 heterocycles. The first kappa shape index (κ1) is 24.5. The van der Waals surface area contributed by atoms with Gasteiger partial charge < -0.3 is 19.8 Å². The molecular weight excluding hydrogens is 460 g/mol. The Kier molecular flexibility index (Phi) is 7.34. The van der Waals surface area contributed by atoms with E-state index in [2.05, 4.69) is 0 Å². The lowest BCUT2D eigenvalue weighted by Crippen LogP contribution is -2.37. The Hall–Kier alpha value is -4.15. The molecule has 34 heavy (non-hydrogen) atoms. The number of anilines is 1. The van der Waals surface area contributed by atoms with E-state index in [1.54, 1.807) is 0 Å². The number of hydrogen-bond donors (Lipinski definition) is 1. The van der Waals surface area contributed by atoms with Gasteiger partial charge in [0, 0.05) is 24.2 Å². The molecule has 0 unspecified atom stereocenters. The minimum atomic E-state index is -4.55. The first-order valence-corrected chi connectivity index (χ1v) is 9.83. The minimum Gasteiger partial charge on any atom is -0.450 e. The zero-order valence-electron chi connectivity index (χ0n) is 17.5. The van der Waals surface area contributed by atoms with Crippen molar-refractivity contribution in [2.45, 2.75) is 12.6 Å². The molecule has 0 atom stereocenters. The van der Waals surface area contributed by atoms with Gasteiger partial charge in [-0.15, -0.1) is 0 Å². The second kappa shape index (κ2) is 10.2. The van der Waals surface area contributed by atoms with E-state index in [1.807, 2.05) is 0 Å². The Bertz CT molecular complexity index is 1190. The van der Waals surface area contributed by atoms with Crippen molar-refractivity contribution in [3.05, 3.63) is 77.8 Å². The molecule has 0 aliphatic rings. The van der Waals surface area contributed by atoms with Gasteiger partial charge >= 0.3 is 12.1 Å². The Morgan fingerprint density at radius 3 is 2.35 bits per heavy atom. The second-order valence-corrected chi connectivity index (χ2v) is 7.06. The summed E-state index contributed by atoms with van der Waals surface area (Å²) in [6.45, 7) is -0.869. The van der Waals surface area contributed by atoms with E-state index in [1.165, 1.54) is 36.4 Å². The summed E-state index contributed by atoms with van der Waals surface area (Å²) in [6, 6.07) is 11.7. The van der Waals surface area contributed by atoms with Crippen LogP contribution in [0.15, 0.2) is 65.1 Å². The average Bonchev–Trinajstić information content (AvgIpc) is 3.28. The van der Waals surface area contributed by atoms with Crippen LogP contribution in [0.2, 0.25) is 0 Å². The van der Waals surface area contributed by atoms with E-state index in [9.17, 15) is 31.9 Å². The number of carbonyl (C=O) groups is 3. The molecular formula is C23H18F4N2O5. The van der Waals surface area contributed by atoms with Crippen LogP contribution in [0.1, 0.15) is 22.5 Å². The third kappa shape index (κ3) is 6.21. The number of primary amides is 1. The monoisotopic (exact) mass is 478 g/mol. The van der Waals surface area contributed by atoms with E-state index in [0.29, 0.717) is 0 Å². The fourth-order valence-corrected chi connectivity index (χ4v) is 2.97. The number of halogens is 4. The standard InChI is InChI=1S/C23H18F4N2O5/c24-16-4-6-17(7-5-16)29(11-10-20(28)30)21(31)13-33-22(32)19-9-8-18(34-19)14-2-1-3-15(12-14)23(25,26)27/h1-9,12H,10-11,13H2,(H2,28,30). The quantitative estimate of drug-likeness (QED) is 0.387. The second-order valence-electron chi connectivity index (χ2n) is 7.06. The molecule has 0 fully saturated rings. The Morgan fingerprint density at radius 1 is 1.00 bits per heavy atom. The molecule has 0 saturated carbocycles. The van der Waals surface area contributed by atoms with Gasteiger partial charge in [-0.25, -0.2) is 9.18 Å². The van der Waals surface area contributed by atoms with Crippen molar-refractivity contribution in [3.63, 3.8) is 0 Å². The molecule has 0 saturated heterocycles. The predicted octanol–water partition coefficient (Wildman–Crippen LogP) is 4.17. The summed E-state index contributed by atoms with van der Waals surface area (Å²) >= 11 is 0. The van der Waals surface area contributed by atoms with Crippen LogP contribution < -0.4 is 10.6 Å². The summed E-state index contributed by atoms with van der Waals surface area (Å²) in [7, 11) is 0. The molecule has 0 spiro atoms. The number of furan rings is 1. The molecule has 2 N–H and O–H groups in total. The molecule has 0 bridgehead atoms. The molecule has 3 aromatic rings. The number of nitrogens with two attached hydrogens (primary N) is 1. The van der Waals surface area contributed by atoms with Crippen LogP contribution in [0.5, 0.6) is 0 Å². The van der Waals surface area contributed by atoms with Crippen molar-refractivity contribution in [2.75, 3.05) is 18.1 Å². The number of ether oxygens (including phenoxy) is 1. The van der Waals surface area contributed by atoms with Gasteiger partial charge in [-0.05, 0) is 48.5 Å². The molecule has 7 nitrogen and oxygen atoms in total. The maximum Gasteiger partial charge on any atom is 0.416 e. The van der Waals surface area contributed by atoms with Crippen LogP contribution in [-0.4, -0.2) is 30.9 Å². The van der Waals surface area contributed by atoms with Gasteiger partial charge in [0.15, 0.2) is 6.61 Å². The molecule has 2 amide bonds. The number of esters is 1. The maximum atomic E-state index is 13.2. The first-order chi connectivity index (χ1) is 16.0. The van der Waals surface area contributed by atoms with Gasteiger partial charge in [-0.3, -0.25) is 9.59 Å². The SMILES string of the molecule is NC(=O)CCN(C(=O)COC(=O)c1ccc(-c2cccc(C(F)(F)F)c2)o1)c1ccc(F)cc1. The van der Waals surface area contributed by atoms with Crippen LogP contribution in [-0.2, 0) is 20.5 Å². The molecule has 2 aromatic carbocycles. The predicted molar refractivity (Wildman–Crippen MR) is 112 cm³/mol. The van der Waals surface area contributed by atoms with Crippen LogP contribution in [0.3, 0.4) is 0 Å². The number of hydrogen-bond acceptors (Lipinski definition) is 5. The molecule has 11 heteroatoms. The highest BCUT2D eigenvalue weighted by atomic mass is 19.4. The lowest BCUT2D eigenvalue weighted by atomic mass is 10.1. The average molecular weight is 478 g/mol. The topological polar surface area (TPSA) is 103 Å². The van der Waals surface area contributed by atoms with Crippen LogP contribution >= 0.6 is 0 Å². The zero-order chi connectivity index (χ0) is 24.9. The van der Waals surface area contributed by atoms with Crippen LogP contribution in [0.25, 0.3) is 11.3 Å². The van der Waals surface area contributed by atoms with E-state index in [-0.39, 0.29) is 35.7 Å². The molecule has 0 aliphatic carbocycles. The molecule has 178 valence electrons. The lowest BCUT2D eigenvalue weighted by Gasteiger charge is -2.22. The van der Waals surface area contributed by atoms with Gasteiger partial charge in [-0.2, -0.15) is 13.2 Å². The van der Waals surface area contributed by atoms with Crippen molar-refractivity contribution in [1.82, 2.24) is 0 Å². The Labute approximate surface area is 190 Å². The van der Waals surface area contributed by atoms with Crippen molar-refractivity contribution >= 4 is 23.5 Å². The highest BCUT2D eigenvalue weighted by Gasteiger charge is 2.30. The molecule has 1 aromatic heterocycles. The van der Waals surface area contributed by atoms with Gasteiger partial charge in [0.05, 0.1) is 5.56 Å². The number of alkyl halides is 3. The van der Waals surface area contributed by atoms with Crippen molar-refractivity contribution in [3.8, 4) is 11.3 Å². The number of amides is 2. The summed E-state index contributed by atoms with van der Waals surface area (Å²) in [5.41, 5.74) is 4.60. The van der Waals surface area contributed by atoms with E-state index < -0.39 is 41.9 Å². The number of benzene rings is 2. The van der Waals surface area contributed by atoms with Crippen LogP contribution in [0, 0.1) is 5.82 Å². The number of nitrogens with zero attached hydrogens (tertiary/aromatic N) is 1. The highest BCUT2D eigenvalue weighted by molar-refractivity contribution is 5.97. The van der Waals surface area contributed by atoms with Crippen molar-refractivity contribution in [1.29, 1.82) is 0 Å². The highest BCUT2D eigenvalue weighted by Crippen LogP contribution is 2.32. The molecule has 0 radical (unpaired) electrons. The Balaban J connectivity index is 1.68. The van der Waals surface area contributed by atoms with E-state index in [4.69, 9.17) is 14.9 Å². The van der Waals surface area contributed by atoms with Crippen molar-refractivity contribution < 1.29 is 41.1 Å². The van der Waals surface area contributed by atoms with Gasteiger partial charge in [0.25, 0.3) is 5.91 Å². The summed E-state index contributed by atoms with van der Waals surface area (Å²) in [5, 5.41) is 0. The maximum absolute atomic E-state index is 13.2. The fraction of sp³-hybridized carbons (Fsp3) is 0.174. The normalized spacial score (nSPS) is 11.2. The Morgan fingerprint density at radius 2 is 1.71 bits per heavy atom. The van der Waals surface area contributed by atoms with Gasteiger partial charge in [0.1, 0.15) is 11.6 Å². The number of carbonyl (C=O) groups excluding carboxylic acids is 3. The summed E-state index contributed by atoms with van der Waals surface area (Å²) in [6.07, 6.45) is -4.73. The largest absolute Gasteiger partial charge is 0.450 e. The molecule has 3 rings (SSSR count). The lowest BCUT2D eigenvalue weighted by molar-refractivity contribution is -0.137. The van der Waals surface area contributed by atoms with Crippen molar-refractivity contribution in [2.24, 2.45) is 5.73 Å². The zero-order valence-corrected chi connectivity index (χ0v) is 17.5. The minimum absolute atomic E-state index is 0.00114. The van der Waals surface area contributed by atoms with Gasteiger partial charge in [-0.1, -0.05) is 12.1 Å². The third-order valence-electron chi connectivity index (χ3n) is 4.63. The van der Waals surface area contributed by atoms with Crippen LogP contribution in [0.4, 0.5) is 23.2 Å². The summed E-state index contributed by atoms with van der Waals surface area (Å²) in [4.78, 5) is 37.1. The first-order valence-electron chi connectivity index (χ1n) is 9.83. The van der Waals surface area contributed by atoms with Gasteiger partial charge in [0.2, 0.25) is 11.7 Å². The molecule has 0 aliphatic heterocycles. The summed E-state index contributed by atoms with van der Waals surface area (Å²) in [5.74, 6) is -3.28. The third-order valence-corrected chi connectivity index (χ3v) is 4.63. The van der Waals surface area contributed by atoms with E-state index in [0.717, 1.165) is 29.2 Å². The summed E-state index contributed by atoms with van der Waals surface area (Å²) < 4.78 is 62.2. The number of rotatable bonds is 8.